The van der Waals surface area contributed by atoms with Gasteiger partial charge in [0.1, 0.15) is 5.69 Å². The number of fused-ring (bicyclic) bond motifs is 1. The molecule has 4 heterocycles. The Balaban J connectivity index is 1.56. The molecule has 0 aromatic carbocycles. The molecule has 128 valence electrons. The molecule has 0 aliphatic carbocycles. The van der Waals surface area contributed by atoms with Crippen LogP contribution in [0.4, 0.5) is 0 Å². The van der Waals surface area contributed by atoms with Crippen LogP contribution in [-0.4, -0.2) is 60.6 Å². The van der Waals surface area contributed by atoms with E-state index < -0.39 is 0 Å². The van der Waals surface area contributed by atoms with E-state index in [0.717, 1.165) is 43.0 Å². The van der Waals surface area contributed by atoms with Crippen LogP contribution in [0.1, 0.15) is 29.9 Å². The normalized spacial score (nSPS) is 20.9. The predicted octanol–water partition coefficient (Wildman–Crippen LogP) is -0.00488. The first-order valence-electron chi connectivity index (χ1n) is 8.35. The van der Waals surface area contributed by atoms with Gasteiger partial charge in [-0.1, -0.05) is 10.4 Å². The number of aryl methyl sites for hydroxylation is 2. The lowest BCUT2D eigenvalue weighted by molar-refractivity contribution is -0.136. The molecule has 4 rings (SSSR count). The number of nitrogens with zero attached hydrogens (tertiary/aromatic N) is 7. The number of hydrogen-bond acceptors (Lipinski definition) is 6. The second-order valence-electron chi connectivity index (χ2n) is 6.41. The van der Waals surface area contributed by atoms with Crippen molar-refractivity contribution < 1.29 is 9.53 Å². The van der Waals surface area contributed by atoms with Gasteiger partial charge in [-0.25, -0.2) is 9.36 Å². The van der Waals surface area contributed by atoms with Crippen molar-refractivity contribution in [3.05, 3.63) is 23.3 Å². The number of carbonyl (C=O) groups is 1. The van der Waals surface area contributed by atoms with E-state index in [1.54, 1.807) is 10.9 Å². The topological polar surface area (TPSA) is 91.0 Å². The van der Waals surface area contributed by atoms with E-state index in [1.165, 1.54) is 0 Å². The van der Waals surface area contributed by atoms with Crippen molar-refractivity contribution in [2.24, 2.45) is 5.92 Å². The van der Waals surface area contributed by atoms with Crippen molar-refractivity contribution in [3.63, 3.8) is 0 Å². The van der Waals surface area contributed by atoms with E-state index in [-0.39, 0.29) is 11.8 Å². The number of rotatable bonds is 3. The lowest BCUT2D eigenvalue weighted by Gasteiger charge is -2.23. The van der Waals surface area contributed by atoms with E-state index in [9.17, 15) is 4.79 Å². The van der Waals surface area contributed by atoms with Gasteiger partial charge in [0.25, 0.3) is 0 Å². The van der Waals surface area contributed by atoms with E-state index in [1.807, 2.05) is 16.5 Å². The zero-order chi connectivity index (χ0) is 16.5. The summed E-state index contributed by atoms with van der Waals surface area (Å²) in [4.78, 5) is 14.7. The highest BCUT2D eigenvalue weighted by Crippen LogP contribution is 2.21. The van der Waals surface area contributed by atoms with Crippen LogP contribution in [0, 0.1) is 12.8 Å². The molecule has 1 atom stereocenters. The molecule has 0 radical (unpaired) electrons. The van der Waals surface area contributed by atoms with E-state index in [4.69, 9.17) is 4.74 Å². The Bertz CT molecular complexity index is 732. The molecule has 0 saturated carbocycles. The van der Waals surface area contributed by atoms with Crippen LogP contribution in [0.5, 0.6) is 0 Å². The van der Waals surface area contributed by atoms with Crippen molar-refractivity contribution in [2.75, 3.05) is 19.8 Å². The monoisotopic (exact) mass is 331 g/mol. The highest BCUT2D eigenvalue weighted by atomic mass is 16.5. The average Bonchev–Trinajstić information content (AvgIpc) is 3.29. The zero-order valence-corrected chi connectivity index (χ0v) is 13.8. The van der Waals surface area contributed by atoms with Crippen LogP contribution >= 0.6 is 0 Å². The van der Waals surface area contributed by atoms with Gasteiger partial charge in [0.15, 0.2) is 0 Å². The summed E-state index contributed by atoms with van der Waals surface area (Å²) < 4.78 is 9.08. The Morgan fingerprint density at radius 3 is 3.04 bits per heavy atom. The van der Waals surface area contributed by atoms with Crippen molar-refractivity contribution in [2.45, 2.75) is 39.4 Å². The molecular formula is C15H21N7O2. The van der Waals surface area contributed by atoms with Crippen LogP contribution < -0.4 is 0 Å². The van der Waals surface area contributed by atoms with Gasteiger partial charge in [0.05, 0.1) is 43.2 Å². The molecule has 24 heavy (non-hydrogen) atoms. The third-order valence-electron chi connectivity index (χ3n) is 4.76. The maximum absolute atomic E-state index is 12.7. The van der Waals surface area contributed by atoms with Crippen LogP contribution in [-0.2, 0) is 29.2 Å². The second kappa shape index (κ2) is 6.31. The fraction of sp³-hybridized carbons (Fsp3) is 0.667. The lowest BCUT2D eigenvalue weighted by atomic mass is 10.1. The molecule has 1 saturated heterocycles. The molecular weight excluding hydrogens is 310 g/mol. The summed E-state index contributed by atoms with van der Waals surface area (Å²) in [6.07, 6.45) is 3.42. The third kappa shape index (κ3) is 2.79. The second-order valence-corrected chi connectivity index (χ2v) is 6.41. The molecule has 0 N–H and O–H groups in total. The molecule has 9 heteroatoms. The molecule has 1 amide bonds. The summed E-state index contributed by atoms with van der Waals surface area (Å²) in [5, 5.41) is 16.5. The fourth-order valence-corrected chi connectivity index (χ4v) is 3.30. The quantitative estimate of drug-likeness (QED) is 0.786. The first-order valence-corrected chi connectivity index (χ1v) is 8.35. The molecule has 0 bridgehead atoms. The van der Waals surface area contributed by atoms with E-state index in [0.29, 0.717) is 26.3 Å². The van der Waals surface area contributed by atoms with Crippen LogP contribution in [0.2, 0.25) is 0 Å². The lowest BCUT2D eigenvalue weighted by Crippen LogP contribution is -2.36. The summed E-state index contributed by atoms with van der Waals surface area (Å²) in [5.74, 6) is 0.179. The van der Waals surface area contributed by atoms with Crippen molar-refractivity contribution in [1.29, 1.82) is 0 Å². The highest BCUT2D eigenvalue weighted by Gasteiger charge is 2.30. The molecule has 2 aliphatic heterocycles. The Morgan fingerprint density at radius 1 is 1.38 bits per heavy atom. The summed E-state index contributed by atoms with van der Waals surface area (Å²) >= 11 is 0. The van der Waals surface area contributed by atoms with Crippen LogP contribution in [0.25, 0.3) is 0 Å². The number of hydrogen-bond donors (Lipinski definition) is 0. The van der Waals surface area contributed by atoms with E-state index in [2.05, 4.69) is 20.6 Å². The minimum absolute atomic E-state index is 0.00607. The fourth-order valence-electron chi connectivity index (χ4n) is 3.30. The molecule has 0 spiro atoms. The summed E-state index contributed by atoms with van der Waals surface area (Å²) in [6.45, 7) is 5.78. The van der Waals surface area contributed by atoms with Gasteiger partial charge in [-0.2, -0.15) is 0 Å². The molecule has 2 aliphatic rings. The minimum atomic E-state index is -0.00607. The van der Waals surface area contributed by atoms with Gasteiger partial charge in [0, 0.05) is 19.7 Å². The Morgan fingerprint density at radius 2 is 2.29 bits per heavy atom. The number of aromatic nitrogens is 6. The maximum atomic E-state index is 12.7. The first-order chi connectivity index (χ1) is 11.7. The van der Waals surface area contributed by atoms with Gasteiger partial charge in [0.2, 0.25) is 5.91 Å². The minimum Gasteiger partial charge on any atom is -0.381 e. The standard InChI is InChI=1S/C15H21N7O2/c1-11-7-16-18-22(11)8-13-14-9-20(4-2-5-21(14)19-17-13)15(23)12-3-6-24-10-12/h7,12H,2-6,8-10H2,1H3. The Kier molecular flexibility index (Phi) is 4.01. The maximum Gasteiger partial charge on any atom is 0.228 e. The first kappa shape index (κ1) is 15.3. The number of carbonyl (C=O) groups excluding carboxylic acids is 1. The zero-order valence-electron chi connectivity index (χ0n) is 13.8. The third-order valence-corrected chi connectivity index (χ3v) is 4.76. The predicted molar refractivity (Wildman–Crippen MR) is 82.8 cm³/mol. The van der Waals surface area contributed by atoms with Crippen LogP contribution in [0.15, 0.2) is 6.20 Å². The smallest absolute Gasteiger partial charge is 0.228 e. The van der Waals surface area contributed by atoms with E-state index >= 15 is 0 Å². The van der Waals surface area contributed by atoms with Gasteiger partial charge in [-0.3, -0.25) is 4.79 Å². The molecule has 1 fully saturated rings. The largest absolute Gasteiger partial charge is 0.381 e. The average molecular weight is 331 g/mol. The Labute approximate surface area is 139 Å². The SMILES string of the molecule is Cc1cnnn1Cc1nnn2c1CN(C(=O)C1CCOC1)CCC2. The van der Waals surface area contributed by atoms with Crippen molar-refractivity contribution >= 4 is 5.91 Å². The van der Waals surface area contributed by atoms with Gasteiger partial charge >= 0.3 is 0 Å². The molecule has 1 unspecified atom stereocenters. The van der Waals surface area contributed by atoms with Crippen LogP contribution in [0.3, 0.4) is 0 Å². The van der Waals surface area contributed by atoms with Gasteiger partial charge < -0.3 is 9.64 Å². The summed E-state index contributed by atoms with van der Waals surface area (Å²) in [6, 6.07) is 0. The molecule has 2 aromatic rings. The molecule has 2 aromatic heterocycles. The summed E-state index contributed by atoms with van der Waals surface area (Å²) in [5.41, 5.74) is 2.82. The number of ether oxygens (including phenoxy) is 1. The number of amides is 1. The van der Waals surface area contributed by atoms with Crippen molar-refractivity contribution in [1.82, 2.24) is 34.9 Å². The van der Waals surface area contributed by atoms with Gasteiger partial charge in [-0.15, -0.1) is 10.2 Å². The van der Waals surface area contributed by atoms with Crippen molar-refractivity contribution in [3.8, 4) is 0 Å². The molecule has 9 nitrogen and oxygen atoms in total. The van der Waals surface area contributed by atoms with Gasteiger partial charge in [-0.05, 0) is 19.8 Å². The Hall–Kier alpha value is -2.29. The summed E-state index contributed by atoms with van der Waals surface area (Å²) in [7, 11) is 0. The highest BCUT2D eigenvalue weighted by molar-refractivity contribution is 5.79.